The average Bonchev–Trinajstić information content (AvgIpc) is 2.77. The monoisotopic (exact) mass is 258 g/mol. The maximum absolute atomic E-state index is 6.08. The highest BCUT2D eigenvalue weighted by Crippen LogP contribution is 2.38. The van der Waals surface area contributed by atoms with Crippen molar-refractivity contribution in [1.29, 1.82) is 0 Å². The van der Waals surface area contributed by atoms with E-state index in [1.165, 1.54) is 32.1 Å². The van der Waals surface area contributed by atoms with Crippen LogP contribution in [-0.2, 0) is 13.5 Å². The van der Waals surface area contributed by atoms with Gasteiger partial charge in [-0.15, -0.1) is 0 Å². The second-order valence-electron chi connectivity index (χ2n) is 5.87. The SMILES string of the molecule is Cn1c(CC2(CN)CCCCC2)nc2ncccc21. The molecule has 0 unspecified atom stereocenters. The number of fused-ring (bicyclic) bond motifs is 1. The molecule has 2 aromatic rings. The Morgan fingerprint density at radius 3 is 2.79 bits per heavy atom. The van der Waals surface area contributed by atoms with Crippen LogP contribution in [0.2, 0.25) is 0 Å². The van der Waals surface area contributed by atoms with E-state index in [0.29, 0.717) is 0 Å². The van der Waals surface area contributed by atoms with Crippen molar-refractivity contribution >= 4 is 11.2 Å². The zero-order valence-electron chi connectivity index (χ0n) is 11.6. The lowest BCUT2D eigenvalue weighted by Crippen LogP contribution is -2.35. The molecule has 0 spiro atoms. The Kier molecular flexibility index (Phi) is 3.27. The van der Waals surface area contributed by atoms with Gasteiger partial charge in [0.2, 0.25) is 0 Å². The summed E-state index contributed by atoms with van der Waals surface area (Å²) in [5.74, 6) is 1.13. The third-order valence-corrected chi connectivity index (χ3v) is 4.63. The topological polar surface area (TPSA) is 56.7 Å². The maximum atomic E-state index is 6.08. The van der Waals surface area contributed by atoms with Crippen molar-refractivity contribution < 1.29 is 0 Å². The van der Waals surface area contributed by atoms with Gasteiger partial charge < -0.3 is 10.3 Å². The number of nitrogens with two attached hydrogens (primary N) is 1. The average molecular weight is 258 g/mol. The molecule has 3 rings (SSSR count). The molecular weight excluding hydrogens is 236 g/mol. The summed E-state index contributed by atoms with van der Waals surface area (Å²) in [7, 11) is 2.08. The molecule has 2 aromatic heterocycles. The molecule has 4 heteroatoms. The summed E-state index contributed by atoms with van der Waals surface area (Å²) >= 11 is 0. The number of hydrogen-bond donors (Lipinski definition) is 1. The lowest BCUT2D eigenvalue weighted by atomic mass is 9.71. The minimum atomic E-state index is 0.257. The van der Waals surface area contributed by atoms with E-state index >= 15 is 0 Å². The largest absolute Gasteiger partial charge is 0.330 e. The van der Waals surface area contributed by atoms with Gasteiger partial charge in [0.25, 0.3) is 0 Å². The summed E-state index contributed by atoms with van der Waals surface area (Å²) in [6.45, 7) is 0.767. The predicted molar refractivity (Wildman–Crippen MR) is 76.8 cm³/mol. The third-order valence-electron chi connectivity index (χ3n) is 4.63. The van der Waals surface area contributed by atoms with Gasteiger partial charge in [-0.05, 0) is 36.9 Å². The molecule has 0 bridgehead atoms. The second-order valence-corrected chi connectivity index (χ2v) is 5.87. The second kappa shape index (κ2) is 4.93. The Labute approximate surface area is 114 Å². The molecule has 4 nitrogen and oxygen atoms in total. The smallest absolute Gasteiger partial charge is 0.177 e. The number of hydrogen-bond acceptors (Lipinski definition) is 3. The first-order valence-corrected chi connectivity index (χ1v) is 7.20. The van der Waals surface area contributed by atoms with Crippen LogP contribution in [0.4, 0.5) is 0 Å². The first kappa shape index (κ1) is 12.6. The Balaban J connectivity index is 1.93. The van der Waals surface area contributed by atoms with Gasteiger partial charge in [0, 0.05) is 19.7 Å². The molecule has 0 aliphatic heterocycles. The predicted octanol–water partition coefficient (Wildman–Crippen LogP) is 2.42. The highest BCUT2D eigenvalue weighted by atomic mass is 15.1. The molecule has 0 atom stereocenters. The summed E-state index contributed by atoms with van der Waals surface area (Å²) in [5, 5.41) is 0. The molecule has 2 heterocycles. The van der Waals surface area contributed by atoms with Crippen molar-refractivity contribution in [3.8, 4) is 0 Å². The molecule has 2 N–H and O–H groups in total. The number of imidazole rings is 1. The normalized spacial score (nSPS) is 18.8. The van der Waals surface area contributed by atoms with Crippen LogP contribution in [0.25, 0.3) is 11.2 Å². The van der Waals surface area contributed by atoms with Crippen molar-refractivity contribution in [2.24, 2.45) is 18.2 Å². The van der Waals surface area contributed by atoms with Crippen molar-refractivity contribution in [3.05, 3.63) is 24.2 Å². The lowest BCUT2D eigenvalue weighted by Gasteiger charge is -2.36. The van der Waals surface area contributed by atoms with Gasteiger partial charge in [-0.2, -0.15) is 0 Å². The molecule has 0 saturated heterocycles. The van der Waals surface area contributed by atoms with E-state index in [0.717, 1.165) is 30.0 Å². The molecule has 102 valence electrons. The Morgan fingerprint density at radius 2 is 2.11 bits per heavy atom. The standard InChI is InChI=1S/C15H22N4/c1-19-12-6-5-9-17-14(12)18-13(19)10-15(11-16)7-3-2-4-8-15/h5-6,9H,2-4,7-8,10-11,16H2,1H3. The maximum Gasteiger partial charge on any atom is 0.177 e. The van der Waals surface area contributed by atoms with Crippen LogP contribution in [0, 0.1) is 5.41 Å². The van der Waals surface area contributed by atoms with Gasteiger partial charge >= 0.3 is 0 Å². The lowest BCUT2D eigenvalue weighted by molar-refractivity contribution is 0.192. The summed E-state index contributed by atoms with van der Waals surface area (Å²) in [4.78, 5) is 9.04. The summed E-state index contributed by atoms with van der Waals surface area (Å²) in [5.41, 5.74) is 8.30. The zero-order valence-corrected chi connectivity index (χ0v) is 11.6. The fourth-order valence-corrected chi connectivity index (χ4v) is 3.32. The van der Waals surface area contributed by atoms with Crippen LogP contribution >= 0.6 is 0 Å². The zero-order chi connectivity index (χ0) is 13.3. The Hall–Kier alpha value is -1.42. The van der Waals surface area contributed by atoms with Gasteiger partial charge in [-0.3, -0.25) is 0 Å². The van der Waals surface area contributed by atoms with Gasteiger partial charge in [0.15, 0.2) is 5.65 Å². The van der Waals surface area contributed by atoms with Crippen molar-refractivity contribution in [2.45, 2.75) is 38.5 Å². The van der Waals surface area contributed by atoms with E-state index in [1.807, 2.05) is 6.07 Å². The molecule has 0 aromatic carbocycles. The third kappa shape index (κ3) is 2.25. The number of aromatic nitrogens is 3. The van der Waals surface area contributed by atoms with Crippen LogP contribution in [-0.4, -0.2) is 21.1 Å². The molecule has 1 saturated carbocycles. The van der Waals surface area contributed by atoms with E-state index < -0.39 is 0 Å². The van der Waals surface area contributed by atoms with Gasteiger partial charge in [0.1, 0.15) is 5.82 Å². The van der Waals surface area contributed by atoms with Gasteiger partial charge in [0.05, 0.1) is 5.52 Å². The van der Waals surface area contributed by atoms with Crippen LogP contribution in [0.1, 0.15) is 37.9 Å². The van der Waals surface area contributed by atoms with Crippen LogP contribution in [0.3, 0.4) is 0 Å². The Morgan fingerprint density at radius 1 is 1.32 bits per heavy atom. The minimum absolute atomic E-state index is 0.257. The van der Waals surface area contributed by atoms with Crippen LogP contribution in [0.15, 0.2) is 18.3 Å². The first-order chi connectivity index (χ1) is 9.24. The molecule has 1 aliphatic rings. The summed E-state index contributed by atoms with van der Waals surface area (Å²) in [6, 6.07) is 4.04. The summed E-state index contributed by atoms with van der Waals surface area (Å²) in [6.07, 6.45) is 9.22. The van der Waals surface area contributed by atoms with E-state index in [-0.39, 0.29) is 5.41 Å². The number of pyridine rings is 1. The van der Waals surface area contributed by atoms with Crippen molar-refractivity contribution in [3.63, 3.8) is 0 Å². The molecule has 0 radical (unpaired) electrons. The van der Waals surface area contributed by atoms with E-state index in [1.54, 1.807) is 6.20 Å². The van der Waals surface area contributed by atoms with E-state index in [2.05, 4.69) is 22.7 Å². The fourth-order valence-electron chi connectivity index (χ4n) is 3.32. The molecule has 19 heavy (non-hydrogen) atoms. The van der Waals surface area contributed by atoms with E-state index in [9.17, 15) is 0 Å². The van der Waals surface area contributed by atoms with Gasteiger partial charge in [-0.1, -0.05) is 19.3 Å². The summed E-state index contributed by atoms with van der Waals surface area (Å²) < 4.78 is 2.17. The molecule has 0 amide bonds. The quantitative estimate of drug-likeness (QED) is 0.920. The van der Waals surface area contributed by atoms with E-state index in [4.69, 9.17) is 10.7 Å². The minimum Gasteiger partial charge on any atom is -0.330 e. The number of nitrogens with zero attached hydrogens (tertiary/aromatic N) is 3. The fraction of sp³-hybridized carbons (Fsp3) is 0.600. The Bertz CT molecular complexity index is 567. The molecular formula is C15H22N4. The molecule has 1 aliphatic carbocycles. The van der Waals surface area contributed by atoms with Crippen molar-refractivity contribution in [1.82, 2.24) is 14.5 Å². The van der Waals surface area contributed by atoms with Crippen LogP contribution < -0.4 is 5.73 Å². The van der Waals surface area contributed by atoms with Crippen molar-refractivity contribution in [2.75, 3.05) is 6.54 Å². The number of aryl methyl sites for hydroxylation is 1. The number of rotatable bonds is 3. The highest BCUT2D eigenvalue weighted by Gasteiger charge is 2.32. The van der Waals surface area contributed by atoms with Gasteiger partial charge in [-0.25, -0.2) is 9.97 Å². The van der Waals surface area contributed by atoms with Crippen LogP contribution in [0.5, 0.6) is 0 Å². The highest BCUT2D eigenvalue weighted by molar-refractivity contribution is 5.71. The first-order valence-electron chi connectivity index (χ1n) is 7.20. The molecule has 1 fully saturated rings.